The fraction of sp³-hybridized carbons (Fsp3) is 0.265. The number of nitrogens with one attached hydrogen (secondary N) is 3. The molecule has 3 amide bonds. The molecule has 0 bridgehead atoms. The molecule has 0 saturated carbocycles. The molecule has 5 N–H and O–H groups in total. The molecule has 9 nitrogen and oxygen atoms in total. The molecule has 1 atom stereocenters. The average Bonchev–Trinajstić information content (AvgIpc) is 3.39. The Bertz CT molecular complexity index is 1820. The van der Waals surface area contributed by atoms with Gasteiger partial charge in [0.25, 0.3) is 0 Å². The van der Waals surface area contributed by atoms with E-state index in [1.807, 2.05) is 91.0 Å². The van der Waals surface area contributed by atoms with Gasteiger partial charge in [0.2, 0.25) is 5.91 Å². The lowest BCUT2D eigenvalue weighted by atomic mass is 9.98. The van der Waals surface area contributed by atoms with Crippen molar-refractivity contribution in [2.75, 3.05) is 13.1 Å². The predicted molar refractivity (Wildman–Crippen MR) is 176 cm³/mol. The van der Waals surface area contributed by atoms with Crippen molar-refractivity contribution in [3.63, 3.8) is 0 Å². The molecule has 1 aliphatic rings. The van der Waals surface area contributed by atoms with Crippen LogP contribution < -0.4 is 22.1 Å². The number of piperidine rings is 1. The van der Waals surface area contributed by atoms with Crippen LogP contribution in [-0.4, -0.2) is 45.5 Å². The summed E-state index contributed by atoms with van der Waals surface area (Å²) >= 11 is 0. The summed E-state index contributed by atoms with van der Waals surface area (Å²) < 4.78 is 1.81. The second-order valence-electron chi connectivity index (χ2n) is 11.1. The van der Waals surface area contributed by atoms with E-state index in [0.717, 1.165) is 38.5 Å². The number of nitrogens with two attached hydrogens (primary N) is 1. The highest BCUT2D eigenvalue weighted by Crippen LogP contribution is 2.25. The lowest BCUT2D eigenvalue weighted by molar-refractivity contribution is -0.123. The molecule has 0 spiro atoms. The van der Waals surface area contributed by atoms with Crippen LogP contribution in [0.5, 0.6) is 0 Å². The molecule has 4 aromatic carbocycles. The van der Waals surface area contributed by atoms with Crippen LogP contribution in [0, 0.1) is 0 Å². The Morgan fingerprint density at radius 1 is 0.909 bits per heavy atom. The van der Waals surface area contributed by atoms with Gasteiger partial charge < -0.3 is 26.3 Å². The number of rotatable bonds is 8. The molecule has 228 valence electrons. The molecule has 0 aliphatic carbocycles. The minimum absolute atomic E-state index is 0. The van der Waals surface area contributed by atoms with Gasteiger partial charge in [-0.1, -0.05) is 78.9 Å². The zero-order valence-electron chi connectivity index (χ0n) is 24.4. The first-order valence-electron chi connectivity index (χ1n) is 14.8. The first-order valence-corrected chi connectivity index (χ1v) is 14.8. The van der Waals surface area contributed by atoms with Gasteiger partial charge in [0.15, 0.2) is 0 Å². The summed E-state index contributed by atoms with van der Waals surface area (Å²) in [6.45, 7) is 1.72. The van der Waals surface area contributed by atoms with Crippen LogP contribution in [0.3, 0.4) is 0 Å². The average molecular weight is 613 g/mol. The second kappa shape index (κ2) is 13.8. The maximum Gasteiger partial charge on any atom is 0.326 e. The number of carbonyl (C=O) groups excluding carboxylic acids is 2. The number of aromatic amines is 1. The maximum atomic E-state index is 13.6. The molecule has 2 heterocycles. The van der Waals surface area contributed by atoms with E-state index in [1.54, 1.807) is 9.47 Å². The van der Waals surface area contributed by atoms with Crippen molar-refractivity contribution in [2.45, 2.75) is 44.4 Å². The van der Waals surface area contributed by atoms with Gasteiger partial charge in [0.1, 0.15) is 6.04 Å². The SMILES string of the molecule is Cl.NCc1cccc(CNC(=O)[C@@H](Cc2cccc3ccccc23)NC(=O)N2CCC(n3c(=O)[nH]c4ccccc43)CC2)c1. The number of hydrogen-bond donors (Lipinski definition) is 4. The van der Waals surface area contributed by atoms with Gasteiger partial charge in [0, 0.05) is 38.6 Å². The van der Waals surface area contributed by atoms with Crippen LogP contribution in [0.15, 0.2) is 95.8 Å². The van der Waals surface area contributed by atoms with E-state index in [9.17, 15) is 14.4 Å². The number of halogens is 1. The zero-order valence-corrected chi connectivity index (χ0v) is 25.2. The Hall–Kier alpha value is -4.60. The van der Waals surface area contributed by atoms with Crippen LogP contribution >= 0.6 is 12.4 Å². The van der Waals surface area contributed by atoms with E-state index < -0.39 is 6.04 Å². The van der Waals surface area contributed by atoms with Gasteiger partial charge in [-0.2, -0.15) is 0 Å². The topological polar surface area (TPSA) is 125 Å². The summed E-state index contributed by atoms with van der Waals surface area (Å²) in [6, 6.07) is 28.5. The summed E-state index contributed by atoms with van der Waals surface area (Å²) in [7, 11) is 0. The van der Waals surface area contributed by atoms with Crippen molar-refractivity contribution >= 4 is 46.2 Å². The van der Waals surface area contributed by atoms with Crippen LogP contribution in [0.25, 0.3) is 21.8 Å². The second-order valence-corrected chi connectivity index (χ2v) is 11.1. The first kappa shape index (κ1) is 30.8. The molecule has 5 aromatic rings. The van der Waals surface area contributed by atoms with Crippen molar-refractivity contribution < 1.29 is 9.59 Å². The van der Waals surface area contributed by atoms with E-state index in [2.05, 4.69) is 15.6 Å². The van der Waals surface area contributed by atoms with Gasteiger partial charge in [0.05, 0.1) is 11.0 Å². The first-order chi connectivity index (χ1) is 21.0. The van der Waals surface area contributed by atoms with Crippen LogP contribution in [-0.2, 0) is 24.3 Å². The van der Waals surface area contributed by atoms with Crippen molar-refractivity contribution in [3.8, 4) is 0 Å². The summed E-state index contributed by atoms with van der Waals surface area (Å²) in [5.74, 6) is -0.250. The Balaban J connectivity index is 0.00000384. The van der Waals surface area contributed by atoms with Gasteiger partial charge in [-0.25, -0.2) is 9.59 Å². The lowest BCUT2D eigenvalue weighted by Crippen LogP contribution is -2.53. The third kappa shape index (κ3) is 6.64. The van der Waals surface area contributed by atoms with Gasteiger partial charge in [-0.05, 0) is 52.4 Å². The minimum atomic E-state index is -0.773. The smallest absolute Gasteiger partial charge is 0.326 e. The molecule has 1 aromatic heterocycles. The largest absolute Gasteiger partial charge is 0.350 e. The number of hydrogen-bond acceptors (Lipinski definition) is 4. The fourth-order valence-corrected chi connectivity index (χ4v) is 6.08. The molecular formula is C34H37ClN6O3. The van der Waals surface area contributed by atoms with Crippen LogP contribution in [0.2, 0.25) is 0 Å². The Labute approximate surface area is 261 Å². The molecular weight excluding hydrogens is 576 g/mol. The van der Waals surface area contributed by atoms with E-state index in [1.165, 1.54) is 0 Å². The zero-order chi connectivity index (χ0) is 29.8. The molecule has 10 heteroatoms. The molecule has 0 unspecified atom stereocenters. The van der Waals surface area contributed by atoms with Gasteiger partial charge in [-0.3, -0.25) is 9.36 Å². The van der Waals surface area contributed by atoms with E-state index >= 15 is 0 Å². The number of fused-ring (bicyclic) bond motifs is 2. The highest BCUT2D eigenvalue weighted by Gasteiger charge is 2.29. The number of H-pyrrole nitrogens is 1. The molecule has 1 fully saturated rings. The van der Waals surface area contributed by atoms with Crippen molar-refractivity contribution in [1.82, 2.24) is 25.1 Å². The molecule has 1 aliphatic heterocycles. The van der Waals surface area contributed by atoms with Gasteiger partial charge >= 0.3 is 11.7 Å². The number of benzene rings is 4. The van der Waals surface area contributed by atoms with E-state index in [4.69, 9.17) is 5.73 Å². The standard InChI is InChI=1S/C34H36N6O3.ClH/c35-21-23-7-5-8-24(19-23)22-36-32(41)30(20-26-11-6-10-25-9-1-2-12-28(25)26)38-33(42)39-17-15-27(16-18-39)40-31-14-4-3-13-29(31)37-34(40)43;/h1-14,19,27,30H,15-18,20-22,35H2,(H,36,41)(H,37,43)(H,38,42);1H/t30-;/m1./s1. The number of carbonyl (C=O) groups is 2. The van der Waals surface area contributed by atoms with Crippen molar-refractivity contribution in [2.24, 2.45) is 5.73 Å². The number of amides is 3. The summed E-state index contributed by atoms with van der Waals surface area (Å²) in [4.78, 5) is 44.5. The van der Waals surface area contributed by atoms with E-state index in [0.29, 0.717) is 45.4 Å². The number of para-hydroxylation sites is 2. The van der Waals surface area contributed by atoms with E-state index in [-0.39, 0.29) is 36.1 Å². The Morgan fingerprint density at radius 2 is 1.61 bits per heavy atom. The Kier molecular flexibility index (Phi) is 9.67. The number of imidazole rings is 1. The number of likely N-dealkylation sites (tertiary alicyclic amines) is 1. The van der Waals surface area contributed by atoms with Gasteiger partial charge in [-0.15, -0.1) is 12.4 Å². The van der Waals surface area contributed by atoms with Crippen LogP contribution in [0.4, 0.5) is 4.79 Å². The third-order valence-corrected chi connectivity index (χ3v) is 8.35. The fourth-order valence-electron chi connectivity index (χ4n) is 6.08. The predicted octanol–water partition coefficient (Wildman–Crippen LogP) is 4.64. The maximum absolute atomic E-state index is 13.6. The Morgan fingerprint density at radius 3 is 2.43 bits per heavy atom. The quantitative estimate of drug-likeness (QED) is 0.204. The number of nitrogens with zero attached hydrogens (tertiary/aromatic N) is 2. The normalized spacial score (nSPS) is 14.2. The molecule has 6 rings (SSSR count). The molecule has 44 heavy (non-hydrogen) atoms. The highest BCUT2D eigenvalue weighted by molar-refractivity contribution is 5.90. The lowest BCUT2D eigenvalue weighted by Gasteiger charge is -2.33. The summed E-state index contributed by atoms with van der Waals surface area (Å²) in [6.07, 6.45) is 1.64. The molecule has 0 radical (unpaired) electrons. The summed E-state index contributed by atoms with van der Waals surface area (Å²) in [5.41, 5.74) is 10.3. The van der Waals surface area contributed by atoms with Crippen molar-refractivity contribution in [3.05, 3.63) is 118 Å². The molecule has 1 saturated heterocycles. The highest BCUT2D eigenvalue weighted by atomic mass is 35.5. The summed E-state index contributed by atoms with van der Waals surface area (Å²) in [5, 5.41) is 8.19. The third-order valence-electron chi connectivity index (χ3n) is 8.35. The minimum Gasteiger partial charge on any atom is -0.350 e. The van der Waals surface area contributed by atoms with Crippen molar-refractivity contribution in [1.29, 1.82) is 0 Å². The number of aromatic nitrogens is 2. The van der Waals surface area contributed by atoms with Crippen LogP contribution in [0.1, 0.15) is 35.6 Å². The number of urea groups is 1. The monoisotopic (exact) mass is 612 g/mol.